The maximum absolute atomic E-state index is 7.29. The highest BCUT2D eigenvalue weighted by molar-refractivity contribution is 6.31. The van der Waals surface area contributed by atoms with E-state index in [2.05, 4.69) is 248 Å². The van der Waals surface area contributed by atoms with Crippen molar-refractivity contribution in [2.75, 3.05) is 4.90 Å². The molecule has 2 heteroatoms. The lowest BCUT2D eigenvalue weighted by Crippen LogP contribution is -2.28. The summed E-state index contributed by atoms with van der Waals surface area (Å²) in [7, 11) is 0. The topological polar surface area (TPSA) is 3.24 Å². The summed E-state index contributed by atoms with van der Waals surface area (Å²) in [6, 6.07) is 87.6. The van der Waals surface area contributed by atoms with Crippen LogP contribution < -0.4 is 4.90 Å². The van der Waals surface area contributed by atoms with Crippen LogP contribution in [-0.4, -0.2) is 0 Å². The van der Waals surface area contributed by atoms with Crippen LogP contribution in [0.3, 0.4) is 0 Å². The first-order chi connectivity index (χ1) is 30.2. The third kappa shape index (κ3) is 6.25. The van der Waals surface area contributed by atoms with E-state index in [1.807, 2.05) is 0 Å². The molecule has 0 heterocycles. The van der Waals surface area contributed by atoms with Gasteiger partial charge in [-0.2, -0.15) is 0 Å². The fourth-order valence-corrected chi connectivity index (χ4v) is 9.94. The average molecular weight is 798 g/mol. The fraction of sp³-hybridized carbons (Fsp3) is 0.0169. The summed E-state index contributed by atoms with van der Waals surface area (Å²) in [4.78, 5) is 2.32. The Hall–Kier alpha value is -7.45. The molecule has 0 amide bonds. The second kappa shape index (κ2) is 15.3. The van der Waals surface area contributed by atoms with E-state index in [-0.39, 0.29) is 0 Å². The summed E-state index contributed by atoms with van der Waals surface area (Å²) in [6.07, 6.45) is 0. The van der Waals surface area contributed by atoms with Crippen molar-refractivity contribution in [3.8, 4) is 44.5 Å². The van der Waals surface area contributed by atoms with Crippen molar-refractivity contribution in [1.82, 2.24) is 0 Å². The smallest absolute Gasteiger partial charge is 0.0714 e. The van der Waals surface area contributed by atoms with Gasteiger partial charge in [-0.05, 0) is 126 Å². The second-order valence-electron chi connectivity index (χ2n) is 15.8. The molecule has 0 saturated heterocycles. The van der Waals surface area contributed by atoms with Crippen LogP contribution in [0.2, 0.25) is 5.02 Å². The van der Waals surface area contributed by atoms with E-state index >= 15 is 0 Å². The molecule has 1 nitrogen and oxygen atoms in total. The van der Waals surface area contributed by atoms with E-state index in [0.29, 0.717) is 5.02 Å². The van der Waals surface area contributed by atoms with Gasteiger partial charge in [0.15, 0.2) is 0 Å². The van der Waals surface area contributed by atoms with Gasteiger partial charge in [0.1, 0.15) is 0 Å². The number of halogens is 1. The first-order valence-electron chi connectivity index (χ1n) is 20.9. The molecule has 0 atom stereocenters. The molecule has 61 heavy (non-hydrogen) atoms. The summed E-state index contributed by atoms with van der Waals surface area (Å²) >= 11 is 7.29. The largest absolute Gasteiger partial charge is 0.310 e. The average Bonchev–Trinajstić information content (AvgIpc) is 3.64. The lowest BCUT2D eigenvalue weighted by molar-refractivity contribution is 0.769. The number of nitrogens with zero attached hydrogens (tertiary/aromatic N) is 1. The Morgan fingerprint density at radius 2 is 0.770 bits per heavy atom. The summed E-state index contributed by atoms with van der Waals surface area (Å²) in [5, 5.41) is 3.08. The van der Waals surface area contributed by atoms with Crippen LogP contribution in [0.4, 0.5) is 17.1 Å². The molecule has 0 N–H and O–H groups in total. The maximum Gasteiger partial charge on any atom is 0.0714 e. The van der Waals surface area contributed by atoms with Crippen molar-refractivity contribution in [1.29, 1.82) is 0 Å². The van der Waals surface area contributed by atoms with Gasteiger partial charge in [0, 0.05) is 22.1 Å². The lowest BCUT2D eigenvalue weighted by Gasteiger charge is -2.34. The third-order valence-corrected chi connectivity index (χ3v) is 12.6. The van der Waals surface area contributed by atoms with Crippen LogP contribution >= 0.6 is 11.6 Å². The molecular formula is C59H40ClN. The van der Waals surface area contributed by atoms with Crippen molar-refractivity contribution >= 4 is 39.4 Å². The minimum Gasteiger partial charge on any atom is -0.310 e. The molecule has 0 fully saturated rings. The van der Waals surface area contributed by atoms with Crippen LogP contribution in [0.1, 0.15) is 22.3 Å². The number of hydrogen-bond acceptors (Lipinski definition) is 1. The first-order valence-corrected chi connectivity index (χ1v) is 21.2. The molecule has 288 valence electrons. The Bertz CT molecular complexity index is 3040. The standard InChI is InChI=1S/C59H40ClN/c60-48-37-45(38-51(39-48)61(49-33-29-43(30-34-49)41-17-5-1-6-18-41)50-35-31-44(32-36-50)42-19-7-2-8-20-42)55-40-57-58(53-26-14-13-25-52(53)55)54-27-15-16-28-56(54)59(57,46-21-9-3-10-22-46)47-23-11-4-12-24-47/h1-40H. The normalized spacial score (nSPS) is 12.5. The molecule has 0 spiro atoms. The Kier molecular flexibility index (Phi) is 9.18. The Balaban J connectivity index is 1.13. The molecule has 11 rings (SSSR count). The number of fused-ring (bicyclic) bond motifs is 5. The second-order valence-corrected chi connectivity index (χ2v) is 16.2. The molecular weight excluding hydrogens is 758 g/mol. The molecule has 0 unspecified atom stereocenters. The molecule has 10 aromatic carbocycles. The van der Waals surface area contributed by atoms with Crippen LogP contribution in [0, 0.1) is 0 Å². The van der Waals surface area contributed by atoms with E-state index in [0.717, 1.165) is 28.2 Å². The van der Waals surface area contributed by atoms with Gasteiger partial charge in [-0.3, -0.25) is 0 Å². The summed E-state index contributed by atoms with van der Waals surface area (Å²) in [6.45, 7) is 0. The molecule has 0 saturated carbocycles. The first kappa shape index (κ1) is 36.6. The minimum absolute atomic E-state index is 0.540. The summed E-state index contributed by atoms with van der Waals surface area (Å²) < 4.78 is 0. The van der Waals surface area contributed by atoms with Gasteiger partial charge < -0.3 is 4.90 Å². The monoisotopic (exact) mass is 797 g/mol. The van der Waals surface area contributed by atoms with E-state index in [1.165, 1.54) is 66.4 Å². The van der Waals surface area contributed by atoms with E-state index in [1.54, 1.807) is 0 Å². The zero-order valence-electron chi connectivity index (χ0n) is 33.4. The quantitative estimate of drug-likeness (QED) is 0.148. The van der Waals surface area contributed by atoms with Crippen molar-refractivity contribution in [2.45, 2.75) is 5.41 Å². The van der Waals surface area contributed by atoms with Crippen LogP contribution in [0.5, 0.6) is 0 Å². The van der Waals surface area contributed by atoms with Crippen molar-refractivity contribution in [3.05, 3.63) is 270 Å². The maximum atomic E-state index is 7.29. The molecule has 1 aliphatic rings. The highest BCUT2D eigenvalue weighted by Gasteiger charge is 2.47. The predicted molar refractivity (Wildman–Crippen MR) is 257 cm³/mol. The van der Waals surface area contributed by atoms with Crippen LogP contribution in [0.15, 0.2) is 243 Å². The summed E-state index contributed by atoms with van der Waals surface area (Å²) in [5.41, 5.74) is 17.0. The zero-order valence-corrected chi connectivity index (χ0v) is 34.2. The highest BCUT2D eigenvalue weighted by Crippen LogP contribution is 2.59. The Labute approximate surface area is 362 Å². The molecule has 0 radical (unpaired) electrons. The summed E-state index contributed by atoms with van der Waals surface area (Å²) in [5.74, 6) is 0. The highest BCUT2D eigenvalue weighted by atomic mass is 35.5. The van der Waals surface area contributed by atoms with Crippen molar-refractivity contribution < 1.29 is 0 Å². The van der Waals surface area contributed by atoms with Crippen LogP contribution in [0.25, 0.3) is 55.3 Å². The van der Waals surface area contributed by atoms with Gasteiger partial charge in [0.05, 0.1) is 5.41 Å². The fourth-order valence-electron chi connectivity index (χ4n) is 9.71. The number of anilines is 3. The van der Waals surface area contributed by atoms with Gasteiger partial charge in [-0.15, -0.1) is 0 Å². The van der Waals surface area contributed by atoms with Gasteiger partial charge in [-0.25, -0.2) is 0 Å². The Morgan fingerprint density at radius 3 is 1.33 bits per heavy atom. The molecule has 0 aromatic heterocycles. The van der Waals surface area contributed by atoms with Gasteiger partial charge in [0.2, 0.25) is 0 Å². The van der Waals surface area contributed by atoms with Crippen molar-refractivity contribution in [3.63, 3.8) is 0 Å². The van der Waals surface area contributed by atoms with Gasteiger partial charge >= 0.3 is 0 Å². The van der Waals surface area contributed by atoms with E-state index in [9.17, 15) is 0 Å². The number of rotatable bonds is 8. The van der Waals surface area contributed by atoms with E-state index in [4.69, 9.17) is 11.6 Å². The Morgan fingerprint density at radius 1 is 0.311 bits per heavy atom. The molecule has 10 aromatic rings. The van der Waals surface area contributed by atoms with E-state index < -0.39 is 5.41 Å². The number of hydrogen-bond donors (Lipinski definition) is 0. The third-order valence-electron chi connectivity index (χ3n) is 12.4. The molecule has 0 aliphatic heterocycles. The lowest BCUT2D eigenvalue weighted by atomic mass is 9.67. The SMILES string of the molecule is Clc1cc(-c2cc3c(c4ccccc24)-c2ccccc2C3(c2ccccc2)c2ccccc2)cc(N(c2ccc(-c3ccccc3)cc2)c2ccc(-c3ccccc3)cc2)c1. The number of benzene rings is 10. The zero-order chi connectivity index (χ0) is 40.8. The van der Waals surface area contributed by atoms with Gasteiger partial charge in [-0.1, -0.05) is 206 Å². The van der Waals surface area contributed by atoms with Gasteiger partial charge in [0.25, 0.3) is 0 Å². The minimum atomic E-state index is -0.540. The predicted octanol–water partition coefficient (Wildman–Crippen LogP) is 16.3. The molecule has 0 bridgehead atoms. The van der Waals surface area contributed by atoms with Crippen molar-refractivity contribution in [2.24, 2.45) is 0 Å². The van der Waals surface area contributed by atoms with Crippen LogP contribution in [-0.2, 0) is 5.41 Å². The molecule has 1 aliphatic carbocycles.